The number of benzene rings is 1. The zero-order valence-corrected chi connectivity index (χ0v) is 14.6. The molecule has 0 saturated carbocycles. The van der Waals surface area contributed by atoms with Crippen LogP contribution in [0, 0.1) is 0 Å². The number of rotatable bonds is 3. The third kappa shape index (κ3) is 2.82. The third-order valence-corrected chi connectivity index (χ3v) is 6.40. The van der Waals surface area contributed by atoms with Crippen LogP contribution in [0.1, 0.15) is 11.9 Å². The Morgan fingerprint density at radius 2 is 2.08 bits per heavy atom. The molecule has 7 nitrogen and oxygen atoms in total. The Balaban J connectivity index is 1.77. The van der Waals surface area contributed by atoms with E-state index in [-0.39, 0.29) is 10.9 Å². The second-order valence-electron chi connectivity index (χ2n) is 6.10. The summed E-state index contributed by atoms with van der Waals surface area (Å²) in [4.78, 5) is 8.87. The Morgan fingerprint density at radius 3 is 2.88 bits per heavy atom. The van der Waals surface area contributed by atoms with E-state index >= 15 is 0 Å². The van der Waals surface area contributed by atoms with Crippen LogP contribution in [-0.2, 0) is 17.1 Å². The van der Waals surface area contributed by atoms with Gasteiger partial charge < -0.3 is 9.88 Å². The molecule has 0 radical (unpaired) electrons. The predicted octanol–water partition coefficient (Wildman–Crippen LogP) is 1.30. The minimum Gasteiger partial charge on any atom is -0.337 e. The highest BCUT2D eigenvalue weighted by Crippen LogP contribution is 2.28. The first-order valence-electron chi connectivity index (χ1n) is 8.12. The number of nitrogens with one attached hydrogen (secondary N) is 1. The molecule has 1 fully saturated rings. The smallest absolute Gasteiger partial charge is 0.245 e. The van der Waals surface area contributed by atoms with E-state index in [1.165, 1.54) is 10.5 Å². The molecule has 8 heteroatoms. The van der Waals surface area contributed by atoms with Crippen molar-refractivity contribution < 1.29 is 8.42 Å². The van der Waals surface area contributed by atoms with E-state index in [0.29, 0.717) is 19.6 Å². The average Bonchev–Trinajstić information content (AvgIpc) is 3.07. The van der Waals surface area contributed by atoms with Crippen molar-refractivity contribution in [2.24, 2.45) is 7.05 Å². The summed E-state index contributed by atoms with van der Waals surface area (Å²) in [5.41, 5.74) is 0.780. The quantitative estimate of drug-likeness (QED) is 0.764. The van der Waals surface area contributed by atoms with Crippen molar-refractivity contribution in [2.75, 3.05) is 19.6 Å². The van der Waals surface area contributed by atoms with Crippen molar-refractivity contribution in [3.05, 3.63) is 54.7 Å². The van der Waals surface area contributed by atoms with E-state index in [1.54, 1.807) is 12.3 Å². The highest BCUT2D eigenvalue weighted by molar-refractivity contribution is 7.89. The number of sulfonamides is 1. The maximum atomic E-state index is 13.3. The second-order valence-corrected chi connectivity index (χ2v) is 7.99. The van der Waals surface area contributed by atoms with Gasteiger partial charge in [0.05, 0.1) is 11.6 Å². The lowest BCUT2D eigenvalue weighted by molar-refractivity contribution is 0.258. The van der Waals surface area contributed by atoms with Crippen LogP contribution >= 0.6 is 0 Å². The molecule has 1 aliphatic heterocycles. The van der Waals surface area contributed by atoms with Gasteiger partial charge in [-0.1, -0.05) is 18.2 Å². The van der Waals surface area contributed by atoms with E-state index in [1.807, 2.05) is 42.1 Å². The zero-order chi connectivity index (χ0) is 17.4. The summed E-state index contributed by atoms with van der Waals surface area (Å²) in [5, 5.41) is 4.07. The second kappa shape index (κ2) is 6.21. The first-order chi connectivity index (χ1) is 12.1. The molecule has 1 unspecified atom stereocenters. The Kier molecular flexibility index (Phi) is 4.03. The normalized spacial score (nSPS) is 19.3. The molecule has 3 heterocycles. The summed E-state index contributed by atoms with van der Waals surface area (Å²) in [6, 6.07) is 8.85. The summed E-state index contributed by atoms with van der Waals surface area (Å²) in [5.74, 6) is 0.726. The van der Waals surface area contributed by atoms with E-state index in [0.717, 1.165) is 16.7 Å². The molecular formula is C17H19N5O2S. The SMILES string of the molecule is Cn1ccnc1C1CNCCN1S(=O)(=O)c1cnc2ccccc2c1. The molecular weight excluding hydrogens is 338 g/mol. The standard InChI is InChI=1S/C17H19N5O2S/c1-21-8-7-19-17(21)16-12-18-6-9-22(16)25(23,24)14-10-13-4-2-3-5-15(13)20-11-14/h2-5,7-8,10-11,16,18H,6,9,12H2,1H3. The summed E-state index contributed by atoms with van der Waals surface area (Å²) in [6.45, 7) is 1.54. The molecule has 130 valence electrons. The number of imidazole rings is 1. The number of aryl methyl sites for hydroxylation is 1. The average molecular weight is 357 g/mol. The number of fused-ring (bicyclic) bond motifs is 1. The molecule has 25 heavy (non-hydrogen) atoms. The summed E-state index contributed by atoms with van der Waals surface area (Å²) in [6.07, 6.45) is 4.95. The van der Waals surface area contributed by atoms with Gasteiger partial charge in [0.15, 0.2) is 0 Å². The lowest BCUT2D eigenvalue weighted by Crippen LogP contribution is -2.49. The molecule has 3 aromatic rings. The van der Waals surface area contributed by atoms with Gasteiger partial charge in [-0.05, 0) is 12.1 Å². The lowest BCUT2D eigenvalue weighted by Gasteiger charge is -2.34. The number of hydrogen-bond acceptors (Lipinski definition) is 5. The van der Waals surface area contributed by atoms with Crippen LogP contribution in [0.2, 0.25) is 0 Å². The van der Waals surface area contributed by atoms with Gasteiger partial charge >= 0.3 is 0 Å². The molecule has 4 rings (SSSR count). The number of aromatic nitrogens is 3. The first-order valence-corrected chi connectivity index (χ1v) is 9.56. The van der Waals surface area contributed by atoms with Gasteiger partial charge in [-0.25, -0.2) is 13.4 Å². The Labute approximate surface area is 146 Å². The molecule has 0 spiro atoms. The van der Waals surface area contributed by atoms with Gasteiger partial charge in [0.25, 0.3) is 0 Å². The van der Waals surface area contributed by atoms with Crippen LogP contribution in [0.15, 0.2) is 53.8 Å². The van der Waals surface area contributed by atoms with Crippen molar-refractivity contribution in [1.82, 2.24) is 24.2 Å². The monoisotopic (exact) mass is 357 g/mol. The Morgan fingerprint density at radius 1 is 1.24 bits per heavy atom. The van der Waals surface area contributed by atoms with Crippen molar-refractivity contribution in [3.8, 4) is 0 Å². The number of piperazine rings is 1. The van der Waals surface area contributed by atoms with E-state index in [9.17, 15) is 8.42 Å². The molecule has 1 atom stereocenters. The number of hydrogen-bond donors (Lipinski definition) is 1. The topological polar surface area (TPSA) is 80.1 Å². The summed E-state index contributed by atoms with van der Waals surface area (Å²) >= 11 is 0. The van der Waals surface area contributed by atoms with Crippen LogP contribution in [0.3, 0.4) is 0 Å². The van der Waals surface area contributed by atoms with Crippen LogP contribution < -0.4 is 5.32 Å². The lowest BCUT2D eigenvalue weighted by atomic mass is 10.2. The van der Waals surface area contributed by atoms with E-state index < -0.39 is 10.0 Å². The molecule has 2 aromatic heterocycles. The maximum absolute atomic E-state index is 13.3. The highest BCUT2D eigenvalue weighted by Gasteiger charge is 2.36. The van der Waals surface area contributed by atoms with Gasteiger partial charge in [-0.15, -0.1) is 0 Å². The van der Waals surface area contributed by atoms with Crippen LogP contribution in [-0.4, -0.2) is 46.9 Å². The van der Waals surface area contributed by atoms with Crippen LogP contribution in [0.4, 0.5) is 0 Å². The Bertz CT molecular complexity index is 1010. The molecule has 0 bridgehead atoms. The number of para-hydroxylation sites is 1. The maximum Gasteiger partial charge on any atom is 0.245 e. The zero-order valence-electron chi connectivity index (χ0n) is 13.8. The molecule has 0 amide bonds. The predicted molar refractivity (Wildman–Crippen MR) is 94.5 cm³/mol. The minimum absolute atomic E-state index is 0.215. The number of nitrogens with zero attached hydrogens (tertiary/aromatic N) is 4. The van der Waals surface area contributed by atoms with E-state index in [4.69, 9.17) is 0 Å². The van der Waals surface area contributed by atoms with Gasteiger partial charge in [0.1, 0.15) is 10.7 Å². The van der Waals surface area contributed by atoms with Gasteiger partial charge in [0, 0.05) is 50.7 Å². The molecule has 1 saturated heterocycles. The van der Waals surface area contributed by atoms with E-state index in [2.05, 4.69) is 15.3 Å². The van der Waals surface area contributed by atoms with Crippen LogP contribution in [0.5, 0.6) is 0 Å². The van der Waals surface area contributed by atoms with Crippen molar-refractivity contribution in [3.63, 3.8) is 0 Å². The van der Waals surface area contributed by atoms with Gasteiger partial charge in [-0.2, -0.15) is 4.31 Å². The third-order valence-electron chi connectivity index (χ3n) is 4.52. The fourth-order valence-corrected chi connectivity index (χ4v) is 4.79. The summed E-state index contributed by atoms with van der Waals surface area (Å²) in [7, 11) is -1.79. The highest BCUT2D eigenvalue weighted by atomic mass is 32.2. The minimum atomic E-state index is -3.67. The van der Waals surface area contributed by atoms with Crippen molar-refractivity contribution in [2.45, 2.75) is 10.9 Å². The fraction of sp³-hybridized carbons (Fsp3) is 0.294. The first kappa shape index (κ1) is 16.2. The largest absolute Gasteiger partial charge is 0.337 e. The van der Waals surface area contributed by atoms with Crippen molar-refractivity contribution >= 4 is 20.9 Å². The number of pyridine rings is 1. The molecule has 0 aliphatic carbocycles. The van der Waals surface area contributed by atoms with Gasteiger partial charge in [-0.3, -0.25) is 4.98 Å². The van der Waals surface area contributed by atoms with Gasteiger partial charge in [0.2, 0.25) is 10.0 Å². The molecule has 1 aromatic carbocycles. The molecule has 1 N–H and O–H groups in total. The summed E-state index contributed by atoms with van der Waals surface area (Å²) < 4.78 is 29.9. The fourth-order valence-electron chi connectivity index (χ4n) is 3.22. The Hall–Kier alpha value is -2.29. The van der Waals surface area contributed by atoms with Crippen molar-refractivity contribution in [1.29, 1.82) is 0 Å². The molecule has 1 aliphatic rings. The van der Waals surface area contributed by atoms with Crippen LogP contribution in [0.25, 0.3) is 10.9 Å².